The van der Waals surface area contributed by atoms with Gasteiger partial charge in [-0.3, -0.25) is 9.78 Å². The van der Waals surface area contributed by atoms with E-state index < -0.39 is 0 Å². The van der Waals surface area contributed by atoms with E-state index in [-0.39, 0.29) is 5.91 Å². The van der Waals surface area contributed by atoms with Gasteiger partial charge in [-0.1, -0.05) is 35.3 Å². The average molecular weight is 457 g/mol. The van der Waals surface area contributed by atoms with Crippen molar-refractivity contribution in [1.82, 2.24) is 9.88 Å². The summed E-state index contributed by atoms with van der Waals surface area (Å²) in [6, 6.07) is 13.6. The summed E-state index contributed by atoms with van der Waals surface area (Å²) in [4.78, 5) is 24.3. The first-order valence-electron chi connectivity index (χ1n) is 10.7. The molecule has 0 radical (unpaired) electrons. The Bertz CT molecular complexity index is 1090. The predicted octanol–water partition coefficient (Wildman–Crippen LogP) is 5.35. The molecule has 1 aliphatic rings. The van der Waals surface area contributed by atoms with Crippen molar-refractivity contribution >= 4 is 51.4 Å². The number of para-hydroxylation sites is 1. The van der Waals surface area contributed by atoms with Crippen LogP contribution >= 0.6 is 23.2 Å². The highest BCUT2D eigenvalue weighted by atomic mass is 35.5. The normalized spacial score (nSPS) is 14.2. The third-order valence-corrected chi connectivity index (χ3v) is 6.43. The summed E-state index contributed by atoms with van der Waals surface area (Å²) in [5, 5.41) is 2.31. The summed E-state index contributed by atoms with van der Waals surface area (Å²) in [5.74, 6) is 0.00269. The summed E-state index contributed by atoms with van der Waals surface area (Å²) in [6.07, 6.45) is 1.71. The van der Waals surface area contributed by atoms with Gasteiger partial charge < -0.3 is 14.7 Å². The van der Waals surface area contributed by atoms with Crippen molar-refractivity contribution in [1.29, 1.82) is 0 Å². The molecule has 2 aromatic carbocycles. The maximum atomic E-state index is 13.3. The van der Waals surface area contributed by atoms with E-state index in [1.807, 2.05) is 55.1 Å². The van der Waals surface area contributed by atoms with Crippen molar-refractivity contribution in [3.63, 3.8) is 0 Å². The van der Waals surface area contributed by atoms with Crippen molar-refractivity contribution in [3.05, 3.63) is 64.3 Å². The lowest BCUT2D eigenvalue weighted by atomic mass is 10.1. The van der Waals surface area contributed by atoms with Crippen LogP contribution in [0.3, 0.4) is 0 Å². The number of fused-ring (bicyclic) bond motifs is 1. The lowest BCUT2D eigenvalue weighted by molar-refractivity contribution is 0.0773. The first-order valence-corrected chi connectivity index (χ1v) is 11.4. The Hall–Kier alpha value is -2.50. The fourth-order valence-electron chi connectivity index (χ4n) is 4.21. The van der Waals surface area contributed by atoms with Crippen LogP contribution in [0.5, 0.6) is 0 Å². The molecule has 1 aromatic heterocycles. The fourth-order valence-corrected chi connectivity index (χ4v) is 4.64. The number of hydrogen-bond acceptors (Lipinski definition) is 4. The van der Waals surface area contributed by atoms with Gasteiger partial charge in [0.15, 0.2) is 0 Å². The zero-order chi connectivity index (χ0) is 22.0. The quantitative estimate of drug-likeness (QED) is 0.518. The molecule has 0 bridgehead atoms. The smallest absolute Gasteiger partial charge is 0.257 e. The van der Waals surface area contributed by atoms with Crippen LogP contribution in [0.15, 0.2) is 48.7 Å². The number of carbonyl (C=O) groups is 1. The second-order valence-corrected chi connectivity index (χ2v) is 8.43. The lowest BCUT2D eigenvalue weighted by Crippen LogP contribution is -2.47. The Balaban J connectivity index is 1.72. The molecule has 1 aliphatic heterocycles. The minimum absolute atomic E-state index is 0.00269. The Labute approximate surface area is 193 Å². The molecule has 5 nitrogen and oxygen atoms in total. The highest BCUT2D eigenvalue weighted by Gasteiger charge is 2.26. The lowest BCUT2D eigenvalue weighted by Gasteiger charge is -2.39. The molecule has 0 aliphatic carbocycles. The van der Waals surface area contributed by atoms with Crippen LogP contribution in [0.25, 0.3) is 10.9 Å². The van der Waals surface area contributed by atoms with Gasteiger partial charge in [0, 0.05) is 55.9 Å². The first-order chi connectivity index (χ1) is 15.0. The van der Waals surface area contributed by atoms with Crippen molar-refractivity contribution < 1.29 is 4.79 Å². The molecule has 1 amide bonds. The van der Waals surface area contributed by atoms with Crippen LogP contribution in [0.4, 0.5) is 11.4 Å². The zero-order valence-corrected chi connectivity index (χ0v) is 19.3. The van der Waals surface area contributed by atoms with Gasteiger partial charge in [-0.2, -0.15) is 0 Å². The van der Waals surface area contributed by atoms with E-state index in [9.17, 15) is 4.79 Å². The minimum atomic E-state index is 0.00269. The van der Waals surface area contributed by atoms with Crippen molar-refractivity contribution in [2.45, 2.75) is 13.8 Å². The maximum absolute atomic E-state index is 13.3. The number of amides is 1. The Morgan fingerprint density at radius 3 is 2.35 bits per heavy atom. The number of halogens is 2. The predicted molar refractivity (Wildman–Crippen MR) is 130 cm³/mol. The Morgan fingerprint density at radius 1 is 1.00 bits per heavy atom. The van der Waals surface area contributed by atoms with Crippen LogP contribution < -0.4 is 9.80 Å². The van der Waals surface area contributed by atoms with E-state index in [0.717, 1.165) is 53.5 Å². The van der Waals surface area contributed by atoms with E-state index >= 15 is 0 Å². The second-order valence-electron chi connectivity index (χ2n) is 7.58. The highest BCUT2D eigenvalue weighted by molar-refractivity contribution is 6.33. The molecule has 0 saturated carbocycles. The zero-order valence-electron chi connectivity index (χ0n) is 17.8. The van der Waals surface area contributed by atoms with E-state index in [2.05, 4.69) is 20.9 Å². The Kier molecular flexibility index (Phi) is 6.54. The van der Waals surface area contributed by atoms with E-state index in [1.54, 1.807) is 6.20 Å². The topological polar surface area (TPSA) is 39.7 Å². The number of aromatic nitrogens is 1. The minimum Gasteiger partial charge on any atom is -0.367 e. The van der Waals surface area contributed by atoms with Gasteiger partial charge in [-0.15, -0.1) is 0 Å². The summed E-state index contributed by atoms with van der Waals surface area (Å²) >= 11 is 12.7. The fraction of sp³-hybridized carbons (Fsp3) is 0.333. The third-order valence-electron chi connectivity index (χ3n) is 5.87. The number of piperazine rings is 1. The number of nitrogens with zero attached hydrogens (tertiary/aromatic N) is 4. The molecule has 4 rings (SSSR count). The van der Waals surface area contributed by atoms with E-state index in [1.165, 1.54) is 0 Å². The summed E-state index contributed by atoms with van der Waals surface area (Å²) in [7, 11) is 0. The van der Waals surface area contributed by atoms with Crippen LogP contribution in [0.1, 0.15) is 24.2 Å². The van der Waals surface area contributed by atoms with Gasteiger partial charge in [-0.25, -0.2) is 0 Å². The third kappa shape index (κ3) is 4.30. The molecule has 162 valence electrons. The molecule has 0 N–H and O–H groups in total. The maximum Gasteiger partial charge on any atom is 0.257 e. The van der Waals surface area contributed by atoms with E-state index in [0.29, 0.717) is 23.7 Å². The molecule has 3 aromatic rings. The highest BCUT2D eigenvalue weighted by Crippen LogP contribution is 2.34. The molecule has 0 unspecified atom stereocenters. The first kappa shape index (κ1) is 21.7. The molecular weight excluding hydrogens is 431 g/mol. The van der Waals surface area contributed by atoms with Crippen molar-refractivity contribution in [3.8, 4) is 0 Å². The molecule has 2 heterocycles. The standard InChI is InChI=1S/C24H26Cl2N4O/c1-3-28(4-2)24(31)19-16-27-21-10-9-17(25)15-18(21)23(19)30-13-11-29(12-14-30)22-8-6-5-7-20(22)26/h5-10,15-16H,3-4,11-14H2,1-2H3. The number of pyridine rings is 1. The SMILES string of the molecule is CCN(CC)C(=O)c1cnc2ccc(Cl)cc2c1N1CCN(c2ccccc2Cl)CC1. The summed E-state index contributed by atoms with van der Waals surface area (Å²) in [5.41, 5.74) is 3.43. The van der Waals surface area contributed by atoms with Crippen LogP contribution in [-0.2, 0) is 0 Å². The number of rotatable bonds is 5. The largest absolute Gasteiger partial charge is 0.367 e. The molecule has 0 spiro atoms. The van der Waals surface area contributed by atoms with Gasteiger partial charge in [0.05, 0.1) is 27.5 Å². The Morgan fingerprint density at radius 2 is 1.68 bits per heavy atom. The summed E-state index contributed by atoms with van der Waals surface area (Å²) < 4.78 is 0. The number of hydrogen-bond donors (Lipinski definition) is 0. The number of anilines is 2. The van der Waals surface area contributed by atoms with Gasteiger partial charge in [0.25, 0.3) is 5.91 Å². The van der Waals surface area contributed by atoms with Gasteiger partial charge in [-0.05, 0) is 44.2 Å². The van der Waals surface area contributed by atoms with Gasteiger partial charge >= 0.3 is 0 Å². The van der Waals surface area contributed by atoms with Gasteiger partial charge in [0.1, 0.15) is 0 Å². The molecule has 1 fully saturated rings. The van der Waals surface area contributed by atoms with Crippen molar-refractivity contribution in [2.75, 3.05) is 49.1 Å². The van der Waals surface area contributed by atoms with Crippen LogP contribution in [0.2, 0.25) is 10.0 Å². The molecule has 0 atom stereocenters. The number of benzene rings is 2. The monoisotopic (exact) mass is 456 g/mol. The second kappa shape index (κ2) is 9.33. The molecular formula is C24H26Cl2N4O. The summed E-state index contributed by atoms with van der Waals surface area (Å²) in [6.45, 7) is 8.47. The van der Waals surface area contributed by atoms with E-state index in [4.69, 9.17) is 23.2 Å². The molecule has 7 heteroatoms. The van der Waals surface area contributed by atoms with Crippen molar-refractivity contribution in [2.24, 2.45) is 0 Å². The van der Waals surface area contributed by atoms with Crippen LogP contribution in [0, 0.1) is 0 Å². The van der Waals surface area contributed by atoms with Crippen LogP contribution in [-0.4, -0.2) is 55.1 Å². The number of carbonyl (C=O) groups excluding carboxylic acids is 1. The molecule has 1 saturated heterocycles. The average Bonchev–Trinajstić information content (AvgIpc) is 2.79. The van der Waals surface area contributed by atoms with Gasteiger partial charge in [0.2, 0.25) is 0 Å². The molecule has 31 heavy (non-hydrogen) atoms.